The molecule has 1 aromatic carbocycles. The Balaban J connectivity index is 1.63. The van der Waals surface area contributed by atoms with Gasteiger partial charge in [-0.2, -0.15) is 0 Å². The van der Waals surface area contributed by atoms with Crippen LogP contribution < -0.4 is 10.6 Å². The smallest absolute Gasteiger partial charge is 0.238 e. The maximum absolute atomic E-state index is 12.4. The Hall–Kier alpha value is -2.14. The largest absolute Gasteiger partial charge is 0.348 e. The number of benzene rings is 1. The molecule has 110 valence electrons. The van der Waals surface area contributed by atoms with E-state index in [1.54, 1.807) is 6.33 Å². The lowest BCUT2D eigenvalue weighted by atomic mass is 10.0. The molecule has 5 nitrogen and oxygen atoms in total. The number of fused-ring (bicyclic) bond motifs is 1. The van der Waals surface area contributed by atoms with Gasteiger partial charge in [-0.15, -0.1) is 0 Å². The Morgan fingerprint density at radius 1 is 1.38 bits per heavy atom. The minimum Gasteiger partial charge on any atom is -0.348 e. The number of aromatic nitrogens is 2. The van der Waals surface area contributed by atoms with Gasteiger partial charge in [0.2, 0.25) is 5.91 Å². The van der Waals surface area contributed by atoms with Crippen LogP contribution in [-0.4, -0.2) is 21.9 Å². The van der Waals surface area contributed by atoms with Crippen LogP contribution in [0.2, 0.25) is 0 Å². The summed E-state index contributed by atoms with van der Waals surface area (Å²) in [6.45, 7) is 4.72. The molecule has 2 aromatic rings. The first kappa shape index (κ1) is 13.8. The van der Waals surface area contributed by atoms with Gasteiger partial charge in [-0.25, -0.2) is 4.98 Å². The van der Waals surface area contributed by atoms with E-state index in [4.69, 9.17) is 0 Å². The number of nitrogens with zero attached hydrogens (tertiary/aromatic N) is 1. The second-order valence-electron chi connectivity index (χ2n) is 5.61. The van der Waals surface area contributed by atoms with Crippen LogP contribution in [0.5, 0.6) is 0 Å². The van der Waals surface area contributed by atoms with E-state index in [9.17, 15) is 4.79 Å². The van der Waals surface area contributed by atoms with Gasteiger partial charge in [0.1, 0.15) is 0 Å². The molecule has 3 rings (SSSR count). The number of carbonyl (C=O) groups excluding carboxylic acids is 1. The third-order valence-corrected chi connectivity index (χ3v) is 3.98. The first-order chi connectivity index (χ1) is 10.1. The number of H-pyrrole nitrogens is 1. The molecule has 1 unspecified atom stereocenters. The van der Waals surface area contributed by atoms with E-state index in [-0.39, 0.29) is 18.0 Å². The SMILES string of the molecule is Cc1ccc([C@@H](C)NC(=O)C2Cc3nc[nH]c3CN2)cc1. The average molecular weight is 284 g/mol. The predicted octanol–water partition coefficient (Wildman–Crippen LogP) is 1.61. The van der Waals surface area contributed by atoms with Crippen molar-refractivity contribution >= 4 is 5.91 Å². The number of hydrogen-bond acceptors (Lipinski definition) is 3. The fraction of sp³-hybridized carbons (Fsp3) is 0.375. The van der Waals surface area contributed by atoms with Crippen LogP contribution in [0, 0.1) is 6.92 Å². The normalized spacial score (nSPS) is 18.9. The zero-order chi connectivity index (χ0) is 14.8. The van der Waals surface area contributed by atoms with E-state index in [0.29, 0.717) is 13.0 Å². The van der Waals surface area contributed by atoms with Gasteiger partial charge in [0.25, 0.3) is 0 Å². The highest BCUT2D eigenvalue weighted by Gasteiger charge is 2.26. The second kappa shape index (κ2) is 5.69. The summed E-state index contributed by atoms with van der Waals surface area (Å²) in [7, 11) is 0. The molecule has 21 heavy (non-hydrogen) atoms. The van der Waals surface area contributed by atoms with Crippen LogP contribution in [0.15, 0.2) is 30.6 Å². The van der Waals surface area contributed by atoms with E-state index >= 15 is 0 Å². The maximum Gasteiger partial charge on any atom is 0.238 e. The Morgan fingerprint density at radius 3 is 2.90 bits per heavy atom. The van der Waals surface area contributed by atoms with Crippen molar-refractivity contribution in [3.8, 4) is 0 Å². The van der Waals surface area contributed by atoms with Crippen LogP contribution >= 0.6 is 0 Å². The third kappa shape index (κ3) is 2.97. The number of hydrogen-bond donors (Lipinski definition) is 3. The zero-order valence-corrected chi connectivity index (χ0v) is 12.3. The summed E-state index contributed by atoms with van der Waals surface area (Å²) in [5, 5.41) is 6.31. The first-order valence-electron chi connectivity index (χ1n) is 7.25. The molecule has 0 fully saturated rings. The summed E-state index contributed by atoms with van der Waals surface area (Å²) in [4.78, 5) is 19.7. The van der Waals surface area contributed by atoms with E-state index in [0.717, 1.165) is 17.0 Å². The van der Waals surface area contributed by atoms with Crippen LogP contribution in [0.4, 0.5) is 0 Å². The summed E-state index contributed by atoms with van der Waals surface area (Å²) < 4.78 is 0. The van der Waals surface area contributed by atoms with Crippen LogP contribution in [-0.2, 0) is 17.8 Å². The molecule has 0 saturated carbocycles. The standard InChI is InChI=1S/C16H20N4O/c1-10-3-5-12(6-4-10)11(2)20-16(21)14-7-13-15(8-17-14)19-9-18-13/h3-6,9,11,14,17H,7-8H2,1-2H3,(H,18,19)(H,20,21)/t11-,14?/m1/s1. The zero-order valence-electron chi connectivity index (χ0n) is 12.3. The van der Waals surface area contributed by atoms with Gasteiger partial charge in [-0.3, -0.25) is 10.1 Å². The summed E-state index contributed by atoms with van der Waals surface area (Å²) in [6, 6.07) is 8.02. The maximum atomic E-state index is 12.4. The molecule has 0 spiro atoms. The van der Waals surface area contributed by atoms with Crippen molar-refractivity contribution in [2.75, 3.05) is 0 Å². The van der Waals surface area contributed by atoms with Crippen molar-refractivity contribution < 1.29 is 4.79 Å². The molecule has 0 bridgehead atoms. The Labute approximate surface area is 124 Å². The highest BCUT2D eigenvalue weighted by molar-refractivity contribution is 5.82. The molecule has 0 aliphatic carbocycles. The van der Waals surface area contributed by atoms with E-state index in [2.05, 4.69) is 51.8 Å². The van der Waals surface area contributed by atoms with Gasteiger partial charge in [-0.1, -0.05) is 29.8 Å². The molecule has 5 heteroatoms. The fourth-order valence-electron chi connectivity index (χ4n) is 2.61. The summed E-state index contributed by atoms with van der Waals surface area (Å²) in [6.07, 6.45) is 2.31. The van der Waals surface area contributed by atoms with Crippen molar-refractivity contribution in [2.45, 2.75) is 38.9 Å². The lowest BCUT2D eigenvalue weighted by Gasteiger charge is -2.24. The van der Waals surface area contributed by atoms with Gasteiger partial charge in [0, 0.05) is 13.0 Å². The number of imidazole rings is 1. The molecule has 0 saturated heterocycles. The molecule has 1 aliphatic rings. The van der Waals surface area contributed by atoms with Gasteiger partial charge >= 0.3 is 0 Å². The number of rotatable bonds is 3. The van der Waals surface area contributed by atoms with Crippen LogP contribution in [0.3, 0.4) is 0 Å². The van der Waals surface area contributed by atoms with Crippen molar-refractivity contribution in [1.82, 2.24) is 20.6 Å². The summed E-state index contributed by atoms with van der Waals surface area (Å²) >= 11 is 0. The first-order valence-corrected chi connectivity index (χ1v) is 7.25. The summed E-state index contributed by atoms with van der Waals surface area (Å²) in [5.74, 6) is 0.0247. The second-order valence-corrected chi connectivity index (χ2v) is 5.61. The molecule has 3 N–H and O–H groups in total. The predicted molar refractivity (Wildman–Crippen MR) is 80.7 cm³/mol. The number of carbonyl (C=O) groups is 1. The molecule has 1 aliphatic heterocycles. The number of nitrogens with one attached hydrogen (secondary N) is 3. The quantitative estimate of drug-likeness (QED) is 0.802. The Bertz CT molecular complexity index is 632. The molecule has 1 amide bonds. The van der Waals surface area contributed by atoms with E-state index < -0.39 is 0 Å². The van der Waals surface area contributed by atoms with E-state index in [1.807, 2.05) is 6.92 Å². The molecular weight excluding hydrogens is 264 g/mol. The molecule has 2 atom stereocenters. The third-order valence-electron chi connectivity index (χ3n) is 3.98. The number of amides is 1. The van der Waals surface area contributed by atoms with Gasteiger partial charge in [0.15, 0.2) is 0 Å². The Kier molecular flexibility index (Phi) is 3.75. The average Bonchev–Trinajstić information content (AvgIpc) is 2.95. The lowest BCUT2D eigenvalue weighted by Crippen LogP contribution is -2.48. The number of aromatic amines is 1. The fourth-order valence-corrected chi connectivity index (χ4v) is 2.61. The van der Waals surface area contributed by atoms with Crippen molar-refractivity contribution in [3.63, 3.8) is 0 Å². The topological polar surface area (TPSA) is 69.8 Å². The van der Waals surface area contributed by atoms with Crippen LogP contribution in [0.1, 0.15) is 35.5 Å². The molecular formula is C16H20N4O. The summed E-state index contributed by atoms with van der Waals surface area (Å²) in [5.41, 5.74) is 4.39. The van der Waals surface area contributed by atoms with Gasteiger partial charge in [0.05, 0.1) is 29.8 Å². The highest BCUT2D eigenvalue weighted by Crippen LogP contribution is 2.16. The van der Waals surface area contributed by atoms with Crippen LogP contribution in [0.25, 0.3) is 0 Å². The van der Waals surface area contributed by atoms with E-state index in [1.165, 1.54) is 5.56 Å². The number of aryl methyl sites for hydroxylation is 1. The van der Waals surface area contributed by atoms with Crippen molar-refractivity contribution in [2.24, 2.45) is 0 Å². The Morgan fingerprint density at radius 2 is 2.14 bits per heavy atom. The molecule has 2 heterocycles. The minimum absolute atomic E-state index is 0.000445. The van der Waals surface area contributed by atoms with Crippen molar-refractivity contribution in [1.29, 1.82) is 0 Å². The lowest BCUT2D eigenvalue weighted by molar-refractivity contribution is -0.124. The van der Waals surface area contributed by atoms with Crippen molar-refractivity contribution in [3.05, 3.63) is 53.1 Å². The van der Waals surface area contributed by atoms with Gasteiger partial charge in [-0.05, 0) is 19.4 Å². The molecule has 0 radical (unpaired) electrons. The molecule has 1 aromatic heterocycles. The monoisotopic (exact) mass is 284 g/mol. The minimum atomic E-state index is -0.214. The van der Waals surface area contributed by atoms with Gasteiger partial charge < -0.3 is 10.3 Å². The highest BCUT2D eigenvalue weighted by atomic mass is 16.2.